The van der Waals surface area contributed by atoms with E-state index in [1.165, 1.54) is 16.9 Å². The van der Waals surface area contributed by atoms with Crippen LogP contribution < -0.4 is 10.0 Å². The fourth-order valence-electron chi connectivity index (χ4n) is 2.77. The molecule has 1 aromatic heterocycles. The Morgan fingerprint density at radius 1 is 1.03 bits per heavy atom. The summed E-state index contributed by atoms with van der Waals surface area (Å²) in [5.41, 5.74) is 4.49. The number of aromatic nitrogens is 1. The van der Waals surface area contributed by atoms with Gasteiger partial charge in [0.1, 0.15) is 0 Å². The molecule has 0 radical (unpaired) electrons. The Hall–Kier alpha value is -2.71. The number of rotatable bonds is 8. The topological polar surface area (TPSA) is 88.2 Å². The van der Waals surface area contributed by atoms with Gasteiger partial charge >= 0.3 is 0 Å². The third-order valence-electron chi connectivity index (χ3n) is 4.31. The Balaban J connectivity index is 1.55. The van der Waals surface area contributed by atoms with Crippen LogP contribution in [0.3, 0.4) is 0 Å². The molecule has 0 unspecified atom stereocenters. The summed E-state index contributed by atoms with van der Waals surface area (Å²) in [6.07, 6.45) is 3.19. The van der Waals surface area contributed by atoms with Gasteiger partial charge in [-0.2, -0.15) is 0 Å². The third-order valence-corrected chi connectivity index (χ3v) is 5.67. The summed E-state index contributed by atoms with van der Waals surface area (Å²) >= 11 is 1.36. The predicted octanol–water partition coefficient (Wildman–Crippen LogP) is 4.32. The van der Waals surface area contributed by atoms with E-state index in [0.29, 0.717) is 23.7 Å². The molecule has 29 heavy (non-hydrogen) atoms. The summed E-state index contributed by atoms with van der Waals surface area (Å²) in [6, 6.07) is 15.2. The minimum atomic E-state index is -3.30. The van der Waals surface area contributed by atoms with E-state index in [1.54, 1.807) is 24.3 Å². The van der Waals surface area contributed by atoms with Gasteiger partial charge in [-0.15, -0.1) is 11.3 Å². The molecule has 8 heteroatoms. The number of carbonyl (C=O) groups excluding carboxylic acids is 1. The maximum Gasteiger partial charge on any atom is 0.229 e. The third kappa shape index (κ3) is 6.40. The Morgan fingerprint density at radius 3 is 2.31 bits per heavy atom. The van der Waals surface area contributed by atoms with Crippen molar-refractivity contribution in [2.45, 2.75) is 26.2 Å². The van der Waals surface area contributed by atoms with Gasteiger partial charge in [-0.05, 0) is 36.1 Å². The molecule has 1 amide bonds. The Kier molecular flexibility index (Phi) is 6.66. The van der Waals surface area contributed by atoms with Crippen LogP contribution in [0.2, 0.25) is 0 Å². The summed E-state index contributed by atoms with van der Waals surface area (Å²) in [7, 11) is -3.30. The lowest BCUT2D eigenvalue weighted by Crippen LogP contribution is -2.12. The summed E-state index contributed by atoms with van der Waals surface area (Å²) in [4.78, 5) is 16.7. The van der Waals surface area contributed by atoms with Crippen LogP contribution in [0.1, 0.15) is 24.5 Å². The lowest BCUT2D eigenvalue weighted by atomic mass is 10.1. The van der Waals surface area contributed by atoms with E-state index in [4.69, 9.17) is 0 Å². The Labute approximate surface area is 175 Å². The van der Waals surface area contributed by atoms with Crippen molar-refractivity contribution in [3.05, 3.63) is 65.0 Å². The zero-order valence-corrected chi connectivity index (χ0v) is 17.9. The fourth-order valence-corrected chi connectivity index (χ4v) is 4.07. The molecule has 0 atom stereocenters. The number of anilines is 2. The number of aryl methyl sites for hydroxylation is 2. The van der Waals surface area contributed by atoms with Gasteiger partial charge in [0.05, 0.1) is 11.9 Å². The quantitative estimate of drug-likeness (QED) is 0.558. The van der Waals surface area contributed by atoms with E-state index >= 15 is 0 Å². The van der Waals surface area contributed by atoms with Crippen LogP contribution in [-0.4, -0.2) is 25.6 Å². The standard InChI is InChI=1S/C21H23N3O3S2/c1-3-15-4-6-16(7-5-15)8-13-20(25)23-21-22-19(14-28-21)17-9-11-18(12-10-17)24-29(2,26)27/h4-7,9-12,14,24H,3,8,13H2,1-2H3,(H,22,23,25). The smallest absolute Gasteiger partial charge is 0.229 e. The second kappa shape index (κ2) is 9.19. The van der Waals surface area contributed by atoms with Crippen LogP contribution in [0.25, 0.3) is 11.3 Å². The molecule has 0 bridgehead atoms. The molecule has 3 rings (SSSR count). The van der Waals surface area contributed by atoms with Gasteiger partial charge in [0.2, 0.25) is 15.9 Å². The highest BCUT2D eigenvalue weighted by Gasteiger charge is 2.09. The Morgan fingerprint density at radius 2 is 1.69 bits per heavy atom. The second-order valence-electron chi connectivity index (χ2n) is 6.71. The molecular formula is C21H23N3O3S2. The van der Waals surface area contributed by atoms with E-state index in [2.05, 4.69) is 46.2 Å². The lowest BCUT2D eigenvalue weighted by Gasteiger charge is -2.04. The van der Waals surface area contributed by atoms with Crippen LogP contribution in [0.15, 0.2) is 53.9 Å². The molecule has 0 spiro atoms. The van der Waals surface area contributed by atoms with Gasteiger partial charge in [-0.3, -0.25) is 9.52 Å². The van der Waals surface area contributed by atoms with E-state index in [-0.39, 0.29) is 5.91 Å². The molecule has 0 fully saturated rings. The number of benzene rings is 2. The van der Waals surface area contributed by atoms with Crippen LogP contribution in [0.5, 0.6) is 0 Å². The maximum absolute atomic E-state index is 12.2. The molecule has 1 heterocycles. The van der Waals surface area contributed by atoms with Gasteiger partial charge in [0, 0.05) is 23.1 Å². The van der Waals surface area contributed by atoms with E-state index in [0.717, 1.165) is 29.5 Å². The lowest BCUT2D eigenvalue weighted by molar-refractivity contribution is -0.116. The normalized spacial score (nSPS) is 11.2. The molecule has 0 aliphatic carbocycles. The van der Waals surface area contributed by atoms with Crippen molar-refractivity contribution in [2.75, 3.05) is 16.3 Å². The summed E-state index contributed by atoms with van der Waals surface area (Å²) in [5, 5.41) is 5.25. The SMILES string of the molecule is CCc1ccc(CCC(=O)Nc2nc(-c3ccc(NS(C)(=O)=O)cc3)cs2)cc1. The first kappa shape index (κ1) is 21.0. The first-order valence-corrected chi connectivity index (χ1v) is 12.0. The molecular weight excluding hydrogens is 406 g/mol. The predicted molar refractivity (Wildman–Crippen MR) is 119 cm³/mol. The van der Waals surface area contributed by atoms with Crippen molar-refractivity contribution in [3.8, 4) is 11.3 Å². The zero-order valence-electron chi connectivity index (χ0n) is 16.3. The maximum atomic E-state index is 12.2. The van der Waals surface area contributed by atoms with Gasteiger partial charge in [0.15, 0.2) is 5.13 Å². The average Bonchev–Trinajstić information content (AvgIpc) is 3.14. The largest absolute Gasteiger partial charge is 0.302 e. The van der Waals surface area contributed by atoms with Crippen LogP contribution >= 0.6 is 11.3 Å². The molecule has 6 nitrogen and oxygen atoms in total. The fraction of sp³-hybridized carbons (Fsp3) is 0.238. The summed E-state index contributed by atoms with van der Waals surface area (Å²) in [5.74, 6) is -0.0711. The summed E-state index contributed by atoms with van der Waals surface area (Å²) in [6.45, 7) is 2.12. The highest BCUT2D eigenvalue weighted by Crippen LogP contribution is 2.26. The molecule has 2 N–H and O–H groups in total. The minimum absolute atomic E-state index is 0.0711. The van der Waals surface area contributed by atoms with Crippen molar-refractivity contribution in [2.24, 2.45) is 0 Å². The van der Waals surface area contributed by atoms with Gasteiger partial charge in [-0.1, -0.05) is 43.3 Å². The van der Waals surface area contributed by atoms with Crippen LogP contribution in [0.4, 0.5) is 10.8 Å². The van der Waals surface area contributed by atoms with E-state index in [9.17, 15) is 13.2 Å². The number of amides is 1. The van der Waals surface area contributed by atoms with Crippen molar-refractivity contribution in [3.63, 3.8) is 0 Å². The second-order valence-corrected chi connectivity index (χ2v) is 9.31. The van der Waals surface area contributed by atoms with Crippen LogP contribution in [0, 0.1) is 0 Å². The number of thiazole rings is 1. The van der Waals surface area contributed by atoms with Gasteiger partial charge in [-0.25, -0.2) is 13.4 Å². The number of sulfonamides is 1. The first-order valence-electron chi connectivity index (χ1n) is 9.24. The highest BCUT2D eigenvalue weighted by atomic mass is 32.2. The highest BCUT2D eigenvalue weighted by molar-refractivity contribution is 7.92. The molecule has 0 aliphatic rings. The van der Waals surface area contributed by atoms with E-state index < -0.39 is 10.0 Å². The van der Waals surface area contributed by atoms with Crippen molar-refractivity contribution >= 4 is 38.1 Å². The summed E-state index contributed by atoms with van der Waals surface area (Å²) < 4.78 is 25.0. The first-order chi connectivity index (χ1) is 13.8. The van der Waals surface area contributed by atoms with Crippen molar-refractivity contribution in [1.82, 2.24) is 4.98 Å². The van der Waals surface area contributed by atoms with Crippen molar-refractivity contribution in [1.29, 1.82) is 0 Å². The minimum Gasteiger partial charge on any atom is -0.302 e. The molecule has 2 aromatic carbocycles. The van der Waals surface area contributed by atoms with Gasteiger partial charge in [0.25, 0.3) is 0 Å². The number of carbonyl (C=O) groups is 1. The number of nitrogens with zero attached hydrogens (tertiary/aromatic N) is 1. The number of hydrogen-bond donors (Lipinski definition) is 2. The number of hydrogen-bond acceptors (Lipinski definition) is 5. The molecule has 0 saturated heterocycles. The van der Waals surface area contributed by atoms with Crippen molar-refractivity contribution < 1.29 is 13.2 Å². The average molecular weight is 430 g/mol. The van der Waals surface area contributed by atoms with E-state index in [1.807, 2.05) is 5.38 Å². The number of nitrogens with one attached hydrogen (secondary N) is 2. The zero-order chi connectivity index (χ0) is 20.9. The molecule has 0 aliphatic heterocycles. The Bertz CT molecular complexity index is 1070. The van der Waals surface area contributed by atoms with Crippen LogP contribution in [-0.2, 0) is 27.7 Å². The molecule has 3 aromatic rings. The van der Waals surface area contributed by atoms with Gasteiger partial charge < -0.3 is 5.32 Å². The molecule has 152 valence electrons. The molecule has 0 saturated carbocycles. The monoisotopic (exact) mass is 429 g/mol.